The Labute approximate surface area is 367 Å². The summed E-state index contributed by atoms with van der Waals surface area (Å²) >= 11 is 0. The van der Waals surface area contributed by atoms with Crippen molar-refractivity contribution in [2.24, 2.45) is 0 Å². The third-order valence-electron chi connectivity index (χ3n) is 13.3. The lowest BCUT2D eigenvalue weighted by Crippen LogP contribution is -2.14. The monoisotopic (exact) mass is 802 g/mol. The van der Waals surface area contributed by atoms with E-state index in [1.807, 2.05) is 18.2 Å². The van der Waals surface area contributed by atoms with E-state index in [4.69, 9.17) is 9.97 Å². The lowest BCUT2D eigenvalue weighted by molar-refractivity contribution is 0.661. The van der Waals surface area contributed by atoms with E-state index in [1.165, 1.54) is 77.0 Å². The Kier molecular flexibility index (Phi) is 8.55. The van der Waals surface area contributed by atoms with Gasteiger partial charge in [-0.1, -0.05) is 202 Å². The van der Waals surface area contributed by atoms with Crippen LogP contribution >= 0.6 is 0 Å². The molecule has 0 aliphatic heterocycles. The smallest absolute Gasteiger partial charge is 0.160 e. The van der Waals surface area contributed by atoms with E-state index < -0.39 is 0 Å². The number of fused-ring (bicyclic) bond motifs is 6. The molecule has 0 radical (unpaired) electrons. The van der Waals surface area contributed by atoms with Gasteiger partial charge in [-0.25, -0.2) is 9.97 Å². The predicted octanol–water partition coefficient (Wildman–Crippen LogP) is 16.2. The average molecular weight is 803 g/mol. The molecule has 0 N–H and O–H groups in total. The van der Waals surface area contributed by atoms with Crippen LogP contribution in [0.5, 0.6) is 0 Å². The third-order valence-corrected chi connectivity index (χ3v) is 13.3. The standard InChI is InChI=1S/C61H42N2/c1-61(2)56-33-28-44(36-54(56)55-35-42-20-9-10-21-43(42)37-57(55)61)46-29-30-51(48-25-12-11-24-47(46)48)52-31-32-53(50-27-14-13-26-49(50)52)59-38-58(62-60(63-59)40-18-7-4-8-19-40)45-23-15-22-41(34-45)39-16-5-3-6-17-39/h3-38H,1-2H3. The van der Waals surface area contributed by atoms with Crippen molar-refractivity contribution in [1.29, 1.82) is 0 Å². The van der Waals surface area contributed by atoms with Crippen LogP contribution in [0.1, 0.15) is 25.0 Å². The lowest BCUT2D eigenvalue weighted by Gasteiger charge is -2.22. The van der Waals surface area contributed by atoms with Crippen LogP contribution in [0.25, 0.3) is 111 Å². The molecule has 0 atom stereocenters. The van der Waals surface area contributed by atoms with Crippen molar-refractivity contribution in [3.8, 4) is 78.4 Å². The molecule has 10 aromatic carbocycles. The van der Waals surface area contributed by atoms with Crippen molar-refractivity contribution in [1.82, 2.24) is 9.97 Å². The summed E-state index contributed by atoms with van der Waals surface area (Å²) in [7, 11) is 0. The Hall–Kier alpha value is -7.94. The number of aromatic nitrogens is 2. The molecule has 1 aliphatic carbocycles. The first-order valence-electron chi connectivity index (χ1n) is 21.8. The van der Waals surface area contributed by atoms with E-state index in [0.29, 0.717) is 5.82 Å². The summed E-state index contributed by atoms with van der Waals surface area (Å²) < 4.78 is 0. The first-order valence-corrected chi connectivity index (χ1v) is 21.8. The first-order chi connectivity index (χ1) is 31.0. The normalized spacial score (nSPS) is 12.7. The van der Waals surface area contributed by atoms with E-state index in [9.17, 15) is 0 Å². The highest BCUT2D eigenvalue weighted by Gasteiger charge is 2.36. The largest absolute Gasteiger partial charge is 0.228 e. The van der Waals surface area contributed by atoms with Crippen molar-refractivity contribution in [2.75, 3.05) is 0 Å². The Morgan fingerprint density at radius 1 is 0.286 bits per heavy atom. The maximum absolute atomic E-state index is 5.28. The molecule has 0 saturated heterocycles. The molecule has 0 bridgehead atoms. The molecule has 1 aromatic heterocycles. The van der Waals surface area contributed by atoms with Crippen molar-refractivity contribution in [2.45, 2.75) is 19.3 Å². The molecule has 0 unspecified atom stereocenters. The molecule has 296 valence electrons. The zero-order valence-corrected chi connectivity index (χ0v) is 35.2. The summed E-state index contributed by atoms with van der Waals surface area (Å²) in [5.41, 5.74) is 17.5. The summed E-state index contributed by atoms with van der Waals surface area (Å²) in [4.78, 5) is 10.5. The molecule has 0 saturated carbocycles. The van der Waals surface area contributed by atoms with Gasteiger partial charge in [-0.05, 0) is 118 Å². The van der Waals surface area contributed by atoms with Crippen LogP contribution in [-0.2, 0) is 5.41 Å². The zero-order chi connectivity index (χ0) is 42.1. The Morgan fingerprint density at radius 3 is 1.49 bits per heavy atom. The minimum absolute atomic E-state index is 0.0731. The highest BCUT2D eigenvalue weighted by Crippen LogP contribution is 2.51. The molecular formula is C61H42N2. The van der Waals surface area contributed by atoms with Gasteiger partial charge in [0.05, 0.1) is 11.4 Å². The van der Waals surface area contributed by atoms with Gasteiger partial charge in [-0.3, -0.25) is 0 Å². The maximum Gasteiger partial charge on any atom is 0.160 e. The van der Waals surface area contributed by atoms with Gasteiger partial charge in [0.2, 0.25) is 0 Å². The molecule has 63 heavy (non-hydrogen) atoms. The SMILES string of the molecule is CC1(C)c2ccc(-c3ccc(-c4ccc(-c5cc(-c6cccc(-c7ccccc7)c6)nc(-c6ccccc6)n5)c5ccccc45)c4ccccc34)cc2-c2cc3ccccc3cc21. The Balaban J connectivity index is 0.987. The molecule has 2 heteroatoms. The quantitative estimate of drug-likeness (QED) is 0.167. The highest BCUT2D eigenvalue weighted by atomic mass is 14.9. The third kappa shape index (κ3) is 6.17. The second-order valence-electron chi connectivity index (χ2n) is 17.3. The summed E-state index contributed by atoms with van der Waals surface area (Å²) in [5.74, 6) is 0.704. The van der Waals surface area contributed by atoms with Crippen molar-refractivity contribution in [3.63, 3.8) is 0 Å². The minimum Gasteiger partial charge on any atom is -0.228 e. The van der Waals surface area contributed by atoms with Gasteiger partial charge in [-0.15, -0.1) is 0 Å². The van der Waals surface area contributed by atoms with E-state index >= 15 is 0 Å². The fourth-order valence-corrected chi connectivity index (χ4v) is 10.1. The number of nitrogens with zero attached hydrogens (tertiary/aromatic N) is 2. The maximum atomic E-state index is 5.28. The Morgan fingerprint density at radius 2 is 0.794 bits per heavy atom. The molecule has 0 amide bonds. The molecule has 1 heterocycles. The van der Waals surface area contributed by atoms with Crippen LogP contribution in [-0.4, -0.2) is 9.97 Å². The van der Waals surface area contributed by atoms with Gasteiger partial charge >= 0.3 is 0 Å². The number of benzene rings is 10. The van der Waals surface area contributed by atoms with Gasteiger partial charge < -0.3 is 0 Å². The molecule has 11 aromatic rings. The number of hydrogen-bond donors (Lipinski definition) is 0. The van der Waals surface area contributed by atoms with E-state index in [2.05, 4.69) is 214 Å². The van der Waals surface area contributed by atoms with Crippen LogP contribution in [0.2, 0.25) is 0 Å². The topological polar surface area (TPSA) is 25.8 Å². The van der Waals surface area contributed by atoms with Crippen LogP contribution in [0, 0.1) is 0 Å². The Bertz CT molecular complexity index is 3580. The summed E-state index contributed by atoms with van der Waals surface area (Å²) in [5, 5.41) is 7.38. The van der Waals surface area contributed by atoms with Crippen LogP contribution in [0.15, 0.2) is 218 Å². The first kappa shape index (κ1) is 36.9. The summed E-state index contributed by atoms with van der Waals surface area (Å²) in [6.07, 6.45) is 0. The lowest BCUT2D eigenvalue weighted by atomic mass is 9.81. The summed E-state index contributed by atoms with van der Waals surface area (Å²) in [6, 6.07) is 79.2. The van der Waals surface area contributed by atoms with Gasteiger partial charge in [-0.2, -0.15) is 0 Å². The van der Waals surface area contributed by atoms with Gasteiger partial charge in [0.25, 0.3) is 0 Å². The fourth-order valence-electron chi connectivity index (χ4n) is 10.1. The highest BCUT2D eigenvalue weighted by molar-refractivity contribution is 6.12. The van der Waals surface area contributed by atoms with Crippen LogP contribution in [0.4, 0.5) is 0 Å². The van der Waals surface area contributed by atoms with Gasteiger partial charge in [0.1, 0.15) is 0 Å². The fraction of sp³-hybridized carbons (Fsp3) is 0.0492. The average Bonchev–Trinajstić information content (AvgIpc) is 3.57. The zero-order valence-electron chi connectivity index (χ0n) is 35.2. The minimum atomic E-state index is -0.0731. The van der Waals surface area contributed by atoms with Gasteiger partial charge in [0.15, 0.2) is 5.82 Å². The molecule has 12 rings (SSSR count). The van der Waals surface area contributed by atoms with E-state index in [-0.39, 0.29) is 5.41 Å². The summed E-state index contributed by atoms with van der Waals surface area (Å²) in [6.45, 7) is 4.73. The number of hydrogen-bond acceptors (Lipinski definition) is 2. The van der Waals surface area contributed by atoms with E-state index in [0.717, 1.165) is 39.0 Å². The molecule has 2 nitrogen and oxygen atoms in total. The van der Waals surface area contributed by atoms with Crippen molar-refractivity contribution in [3.05, 3.63) is 230 Å². The molecule has 0 spiro atoms. The molecular weight excluding hydrogens is 761 g/mol. The van der Waals surface area contributed by atoms with E-state index in [1.54, 1.807) is 0 Å². The van der Waals surface area contributed by atoms with Crippen LogP contribution < -0.4 is 0 Å². The van der Waals surface area contributed by atoms with Crippen LogP contribution in [0.3, 0.4) is 0 Å². The second-order valence-corrected chi connectivity index (χ2v) is 17.3. The van der Waals surface area contributed by atoms with Crippen molar-refractivity contribution < 1.29 is 0 Å². The predicted molar refractivity (Wildman–Crippen MR) is 265 cm³/mol. The van der Waals surface area contributed by atoms with Gasteiger partial charge in [0, 0.05) is 22.1 Å². The molecule has 0 fully saturated rings. The molecule has 1 aliphatic rings. The van der Waals surface area contributed by atoms with Crippen molar-refractivity contribution >= 4 is 32.3 Å². The number of rotatable bonds is 6. The second kappa shape index (κ2) is 14.6.